The lowest BCUT2D eigenvalue weighted by atomic mass is 9.93. The Morgan fingerprint density at radius 3 is 3.00 bits per heavy atom. The van der Waals surface area contributed by atoms with Crippen molar-refractivity contribution < 1.29 is 4.79 Å². The summed E-state index contributed by atoms with van der Waals surface area (Å²) in [5.74, 6) is 0.553. The maximum absolute atomic E-state index is 12.3. The quantitative estimate of drug-likeness (QED) is 0.863. The van der Waals surface area contributed by atoms with Crippen molar-refractivity contribution in [2.24, 2.45) is 5.92 Å². The highest BCUT2D eigenvalue weighted by molar-refractivity contribution is 9.10. The number of aryl methyl sites for hydroxylation is 1. The van der Waals surface area contributed by atoms with E-state index in [9.17, 15) is 4.79 Å². The van der Waals surface area contributed by atoms with Crippen LogP contribution in [0, 0.1) is 5.92 Å². The second kappa shape index (κ2) is 8.05. The van der Waals surface area contributed by atoms with E-state index >= 15 is 0 Å². The highest BCUT2D eigenvalue weighted by Crippen LogP contribution is 2.17. The Hall–Kier alpha value is -0.520. The van der Waals surface area contributed by atoms with Crippen molar-refractivity contribution in [3.05, 3.63) is 22.4 Å². The number of carbonyl (C=O) groups excluding carboxylic acids is 1. The Morgan fingerprint density at radius 1 is 1.65 bits per heavy atom. The van der Waals surface area contributed by atoms with E-state index in [1.54, 1.807) is 0 Å². The first-order chi connectivity index (χ1) is 9.11. The molecule has 1 aliphatic rings. The van der Waals surface area contributed by atoms with E-state index in [2.05, 4.69) is 33.5 Å². The number of aromatic nitrogens is 1. The summed E-state index contributed by atoms with van der Waals surface area (Å²) in [5.41, 5.74) is 0.727. The van der Waals surface area contributed by atoms with Gasteiger partial charge in [0.15, 0.2) is 0 Å². The van der Waals surface area contributed by atoms with Gasteiger partial charge < -0.3 is 15.2 Å². The minimum absolute atomic E-state index is 0. The Balaban J connectivity index is 0.00000200. The van der Waals surface area contributed by atoms with Gasteiger partial charge in [-0.05, 0) is 67.7 Å². The largest absolute Gasteiger partial charge is 0.348 e. The van der Waals surface area contributed by atoms with E-state index in [1.807, 2.05) is 23.8 Å². The fourth-order valence-corrected chi connectivity index (χ4v) is 3.09. The number of amides is 1. The van der Waals surface area contributed by atoms with Crippen molar-refractivity contribution >= 4 is 34.2 Å². The molecule has 2 N–H and O–H groups in total. The molecule has 1 aromatic heterocycles. The smallest absolute Gasteiger partial charge is 0.268 e. The van der Waals surface area contributed by atoms with E-state index in [0.717, 1.165) is 29.8 Å². The molecule has 0 saturated carbocycles. The van der Waals surface area contributed by atoms with Crippen LogP contribution in [0.5, 0.6) is 0 Å². The highest BCUT2D eigenvalue weighted by Gasteiger charge is 2.22. The summed E-state index contributed by atoms with van der Waals surface area (Å²) in [6.07, 6.45) is 4.33. The lowest BCUT2D eigenvalue weighted by molar-refractivity contribution is 0.0912. The van der Waals surface area contributed by atoms with Gasteiger partial charge in [0.05, 0.1) is 0 Å². The van der Waals surface area contributed by atoms with Crippen molar-refractivity contribution in [1.82, 2.24) is 15.2 Å². The Kier molecular flexibility index (Phi) is 7.06. The summed E-state index contributed by atoms with van der Waals surface area (Å²) in [4.78, 5) is 12.3. The van der Waals surface area contributed by atoms with E-state index in [-0.39, 0.29) is 24.4 Å². The molecule has 1 saturated heterocycles. The lowest BCUT2D eigenvalue weighted by Crippen LogP contribution is -2.44. The third-order valence-electron chi connectivity index (χ3n) is 3.84. The molecular weight excluding hydrogens is 342 g/mol. The van der Waals surface area contributed by atoms with Crippen LogP contribution in [0.4, 0.5) is 0 Å². The second-order valence-corrected chi connectivity index (χ2v) is 6.11. The van der Waals surface area contributed by atoms with E-state index in [1.165, 1.54) is 12.8 Å². The average molecular weight is 365 g/mol. The SMILES string of the molecule is CCn1cc(Br)cc1C(=O)NC(C)C1CCCNC1.Cl. The van der Waals surface area contributed by atoms with Crippen molar-refractivity contribution in [3.63, 3.8) is 0 Å². The second-order valence-electron chi connectivity index (χ2n) is 5.20. The maximum atomic E-state index is 12.3. The number of nitrogens with zero attached hydrogens (tertiary/aromatic N) is 1. The van der Waals surface area contributed by atoms with Gasteiger partial charge in [-0.3, -0.25) is 4.79 Å². The van der Waals surface area contributed by atoms with Gasteiger partial charge in [0.1, 0.15) is 5.69 Å². The van der Waals surface area contributed by atoms with Crippen molar-refractivity contribution in [3.8, 4) is 0 Å². The lowest BCUT2D eigenvalue weighted by Gasteiger charge is -2.29. The van der Waals surface area contributed by atoms with Gasteiger partial charge in [-0.25, -0.2) is 0 Å². The number of piperidine rings is 1. The molecular formula is C14H23BrClN3O. The number of hydrogen-bond acceptors (Lipinski definition) is 2. The number of halogens is 2. The Labute approximate surface area is 135 Å². The van der Waals surface area contributed by atoms with Crippen LogP contribution in [-0.4, -0.2) is 29.6 Å². The van der Waals surface area contributed by atoms with Crippen LogP contribution in [0.2, 0.25) is 0 Å². The zero-order valence-corrected chi connectivity index (χ0v) is 14.4. The summed E-state index contributed by atoms with van der Waals surface area (Å²) < 4.78 is 2.91. The summed E-state index contributed by atoms with van der Waals surface area (Å²) in [5, 5.41) is 6.52. The highest BCUT2D eigenvalue weighted by atomic mass is 79.9. The molecule has 1 amide bonds. The van der Waals surface area contributed by atoms with Crippen LogP contribution in [0.15, 0.2) is 16.7 Å². The van der Waals surface area contributed by atoms with Crippen LogP contribution in [0.3, 0.4) is 0 Å². The van der Waals surface area contributed by atoms with E-state index in [0.29, 0.717) is 5.92 Å². The molecule has 0 aromatic carbocycles. The number of carbonyl (C=O) groups is 1. The van der Waals surface area contributed by atoms with Crippen LogP contribution in [0.25, 0.3) is 0 Å². The predicted molar refractivity (Wildman–Crippen MR) is 87.6 cm³/mol. The van der Waals surface area contributed by atoms with Gasteiger partial charge in [0.2, 0.25) is 0 Å². The molecule has 20 heavy (non-hydrogen) atoms. The fraction of sp³-hybridized carbons (Fsp3) is 0.643. The normalized spacial score (nSPS) is 20.1. The van der Waals surface area contributed by atoms with Crippen LogP contribution < -0.4 is 10.6 Å². The van der Waals surface area contributed by atoms with Crippen LogP contribution in [-0.2, 0) is 6.54 Å². The van der Waals surface area contributed by atoms with Gasteiger partial charge in [0, 0.05) is 23.3 Å². The minimum atomic E-state index is 0. The summed E-state index contributed by atoms with van der Waals surface area (Å²) in [6.45, 7) is 7.04. The predicted octanol–water partition coefficient (Wildman–Crippen LogP) is 2.81. The molecule has 2 unspecified atom stereocenters. The molecule has 0 spiro atoms. The average Bonchev–Trinajstić information content (AvgIpc) is 2.81. The molecule has 0 radical (unpaired) electrons. The van der Waals surface area contributed by atoms with Crippen LogP contribution in [0.1, 0.15) is 37.2 Å². The van der Waals surface area contributed by atoms with Crippen molar-refractivity contribution in [2.75, 3.05) is 13.1 Å². The first kappa shape index (κ1) is 17.5. The number of nitrogens with one attached hydrogen (secondary N) is 2. The van der Waals surface area contributed by atoms with Crippen LogP contribution >= 0.6 is 28.3 Å². The van der Waals surface area contributed by atoms with Gasteiger partial charge in [-0.15, -0.1) is 12.4 Å². The molecule has 6 heteroatoms. The van der Waals surface area contributed by atoms with Gasteiger partial charge in [-0.2, -0.15) is 0 Å². The third-order valence-corrected chi connectivity index (χ3v) is 4.27. The molecule has 1 aromatic rings. The topological polar surface area (TPSA) is 46.1 Å². The Bertz CT molecular complexity index is 444. The first-order valence-electron chi connectivity index (χ1n) is 6.99. The zero-order chi connectivity index (χ0) is 13.8. The van der Waals surface area contributed by atoms with Gasteiger partial charge in [-0.1, -0.05) is 0 Å². The number of rotatable bonds is 4. The Morgan fingerprint density at radius 2 is 2.40 bits per heavy atom. The molecule has 0 aliphatic carbocycles. The van der Waals surface area contributed by atoms with E-state index in [4.69, 9.17) is 0 Å². The van der Waals surface area contributed by atoms with E-state index < -0.39 is 0 Å². The minimum Gasteiger partial charge on any atom is -0.348 e. The maximum Gasteiger partial charge on any atom is 0.268 e. The molecule has 4 nitrogen and oxygen atoms in total. The third kappa shape index (κ3) is 4.24. The molecule has 1 aliphatic heterocycles. The first-order valence-corrected chi connectivity index (χ1v) is 7.78. The standard InChI is InChI=1S/C14H22BrN3O.ClH/c1-3-18-9-12(15)7-13(18)14(19)17-10(2)11-5-4-6-16-8-11;/h7,9-11,16H,3-6,8H2,1-2H3,(H,17,19);1H. The fourth-order valence-electron chi connectivity index (χ4n) is 2.63. The molecule has 1 fully saturated rings. The molecule has 114 valence electrons. The van der Waals surface area contributed by atoms with Gasteiger partial charge >= 0.3 is 0 Å². The van der Waals surface area contributed by atoms with Crippen molar-refractivity contribution in [2.45, 2.75) is 39.3 Å². The molecule has 2 heterocycles. The molecule has 2 atom stereocenters. The molecule has 2 rings (SSSR count). The molecule has 0 bridgehead atoms. The summed E-state index contributed by atoms with van der Waals surface area (Å²) in [6, 6.07) is 2.09. The number of hydrogen-bond donors (Lipinski definition) is 2. The summed E-state index contributed by atoms with van der Waals surface area (Å²) in [7, 11) is 0. The monoisotopic (exact) mass is 363 g/mol. The summed E-state index contributed by atoms with van der Waals surface area (Å²) >= 11 is 3.42. The zero-order valence-electron chi connectivity index (χ0n) is 12.0. The van der Waals surface area contributed by atoms with Crippen molar-refractivity contribution in [1.29, 1.82) is 0 Å². The van der Waals surface area contributed by atoms with Gasteiger partial charge in [0.25, 0.3) is 5.91 Å².